The van der Waals surface area contributed by atoms with Gasteiger partial charge in [-0.1, -0.05) is 0 Å². The van der Waals surface area contributed by atoms with E-state index in [2.05, 4.69) is 5.32 Å². The van der Waals surface area contributed by atoms with Crippen molar-refractivity contribution >= 4 is 11.6 Å². The van der Waals surface area contributed by atoms with E-state index in [1.807, 2.05) is 13.1 Å². The van der Waals surface area contributed by atoms with Crippen molar-refractivity contribution in [2.75, 3.05) is 7.05 Å². The number of halogens is 1. The van der Waals surface area contributed by atoms with Gasteiger partial charge in [0.15, 0.2) is 5.22 Å². The minimum atomic E-state index is 0.446. The zero-order valence-corrected chi connectivity index (χ0v) is 7.11. The lowest BCUT2D eigenvalue weighted by Gasteiger charge is -2.05. The van der Waals surface area contributed by atoms with Crippen molar-refractivity contribution in [1.82, 2.24) is 5.32 Å². The molecule has 2 nitrogen and oxygen atoms in total. The van der Waals surface area contributed by atoms with Gasteiger partial charge < -0.3 is 9.73 Å². The molecule has 0 saturated carbocycles. The first-order chi connectivity index (χ1) is 5.31. The topological polar surface area (TPSA) is 25.2 Å². The fraction of sp³-hybridized carbons (Fsp3) is 0.500. The van der Waals surface area contributed by atoms with E-state index >= 15 is 0 Å². The quantitative estimate of drug-likeness (QED) is 0.701. The molecule has 0 bridgehead atoms. The summed E-state index contributed by atoms with van der Waals surface area (Å²) in [7, 11) is 1.96. The summed E-state index contributed by atoms with van der Waals surface area (Å²) in [6.07, 6.45) is 2.13. The van der Waals surface area contributed by atoms with E-state index in [1.54, 1.807) is 0 Å². The van der Waals surface area contributed by atoms with Gasteiger partial charge in [-0.25, -0.2) is 0 Å². The van der Waals surface area contributed by atoms with Gasteiger partial charge in [0.25, 0.3) is 0 Å². The van der Waals surface area contributed by atoms with Gasteiger partial charge in [-0.05, 0) is 25.1 Å². The van der Waals surface area contributed by atoms with Crippen LogP contribution >= 0.6 is 11.6 Å². The van der Waals surface area contributed by atoms with E-state index in [0.29, 0.717) is 11.3 Å². The molecule has 1 aliphatic rings. The SMILES string of the molecule is CNC1CCc2oc(Cl)cc21. The second kappa shape index (κ2) is 2.54. The van der Waals surface area contributed by atoms with Crippen molar-refractivity contribution in [3.05, 3.63) is 22.6 Å². The molecule has 0 amide bonds. The first-order valence-electron chi connectivity index (χ1n) is 3.76. The molecule has 1 atom stereocenters. The molecule has 60 valence electrons. The van der Waals surface area contributed by atoms with E-state index in [0.717, 1.165) is 18.6 Å². The standard InChI is InChI=1S/C8H10ClNO/c1-10-6-2-3-7-5(6)4-8(9)11-7/h4,6,10H,2-3H2,1H3. The highest BCUT2D eigenvalue weighted by atomic mass is 35.5. The van der Waals surface area contributed by atoms with Crippen LogP contribution in [0.2, 0.25) is 5.22 Å². The number of fused-ring (bicyclic) bond motifs is 1. The normalized spacial score (nSPS) is 22.2. The van der Waals surface area contributed by atoms with Gasteiger partial charge in [-0.3, -0.25) is 0 Å². The number of hydrogen-bond acceptors (Lipinski definition) is 2. The Morgan fingerprint density at radius 1 is 1.73 bits per heavy atom. The molecule has 0 radical (unpaired) electrons. The Balaban J connectivity index is 2.37. The van der Waals surface area contributed by atoms with Crippen LogP contribution in [0.4, 0.5) is 0 Å². The highest BCUT2D eigenvalue weighted by Gasteiger charge is 2.24. The van der Waals surface area contributed by atoms with Crippen LogP contribution in [-0.2, 0) is 6.42 Å². The highest BCUT2D eigenvalue weighted by Crippen LogP contribution is 2.34. The van der Waals surface area contributed by atoms with Crippen molar-refractivity contribution in [1.29, 1.82) is 0 Å². The van der Waals surface area contributed by atoms with E-state index < -0.39 is 0 Å². The molecule has 1 aromatic heterocycles. The van der Waals surface area contributed by atoms with Gasteiger partial charge in [-0.2, -0.15) is 0 Å². The van der Waals surface area contributed by atoms with Crippen LogP contribution in [0, 0.1) is 0 Å². The van der Waals surface area contributed by atoms with Crippen molar-refractivity contribution in [2.24, 2.45) is 0 Å². The van der Waals surface area contributed by atoms with Crippen LogP contribution in [0.15, 0.2) is 10.5 Å². The lowest BCUT2D eigenvalue weighted by atomic mass is 10.2. The van der Waals surface area contributed by atoms with Gasteiger partial charge in [0, 0.05) is 24.1 Å². The van der Waals surface area contributed by atoms with Gasteiger partial charge in [0.05, 0.1) is 0 Å². The second-order valence-electron chi connectivity index (χ2n) is 2.81. The summed E-state index contributed by atoms with van der Waals surface area (Å²) < 4.78 is 5.28. The van der Waals surface area contributed by atoms with Crippen molar-refractivity contribution in [3.63, 3.8) is 0 Å². The summed E-state index contributed by atoms with van der Waals surface area (Å²) >= 11 is 5.71. The van der Waals surface area contributed by atoms with Crippen LogP contribution in [0.1, 0.15) is 23.8 Å². The number of nitrogens with one attached hydrogen (secondary N) is 1. The lowest BCUT2D eigenvalue weighted by molar-refractivity contribution is 0.512. The van der Waals surface area contributed by atoms with Gasteiger partial charge in [-0.15, -0.1) is 0 Å². The minimum Gasteiger partial charge on any atom is -0.449 e. The number of furan rings is 1. The molecule has 0 aromatic carbocycles. The average Bonchev–Trinajstić information content (AvgIpc) is 2.45. The molecule has 1 heterocycles. The summed E-state index contributed by atoms with van der Waals surface area (Å²) in [5.41, 5.74) is 1.23. The summed E-state index contributed by atoms with van der Waals surface area (Å²) in [5, 5.41) is 3.72. The third kappa shape index (κ3) is 1.06. The number of hydrogen-bond donors (Lipinski definition) is 1. The average molecular weight is 172 g/mol. The summed E-state index contributed by atoms with van der Waals surface area (Å²) in [5.74, 6) is 1.05. The Morgan fingerprint density at radius 2 is 2.55 bits per heavy atom. The lowest BCUT2D eigenvalue weighted by Crippen LogP contribution is -2.12. The second-order valence-corrected chi connectivity index (χ2v) is 3.18. The van der Waals surface area contributed by atoms with E-state index in [-0.39, 0.29) is 0 Å². The Kier molecular flexibility index (Phi) is 1.66. The molecule has 3 heteroatoms. The molecule has 1 aromatic rings. The first-order valence-corrected chi connectivity index (χ1v) is 4.14. The van der Waals surface area contributed by atoms with Gasteiger partial charge in [0.2, 0.25) is 0 Å². The molecule has 0 spiro atoms. The zero-order valence-electron chi connectivity index (χ0n) is 6.36. The Bertz CT molecular complexity index is 269. The van der Waals surface area contributed by atoms with E-state index in [1.165, 1.54) is 5.56 Å². The molecular formula is C8H10ClNO. The highest BCUT2D eigenvalue weighted by molar-refractivity contribution is 6.28. The van der Waals surface area contributed by atoms with Crippen LogP contribution in [-0.4, -0.2) is 7.05 Å². The van der Waals surface area contributed by atoms with Crippen LogP contribution < -0.4 is 5.32 Å². The van der Waals surface area contributed by atoms with E-state index in [4.69, 9.17) is 16.0 Å². The maximum absolute atomic E-state index is 5.71. The largest absolute Gasteiger partial charge is 0.449 e. The maximum atomic E-state index is 5.71. The van der Waals surface area contributed by atoms with Crippen LogP contribution in [0.5, 0.6) is 0 Å². The Hall–Kier alpha value is -0.470. The van der Waals surface area contributed by atoms with Crippen LogP contribution in [0.25, 0.3) is 0 Å². The number of rotatable bonds is 1. The molecule has 11 heavy (non-hydrogen) atoms. The predicted molar refractivity (Wildman–Crippen MR) is 43.8 cm³/mol. The maximum Gasteiger partial charge on any atom is 0.193 e. The van der Waals surface area contributed by atoms with Crippen molar-refractivity contribution in [3.8, 4) is 0 Å². The summed E-state index contributed by atoms with van der Waals surface area (Å²) in [6, 6.07) is 2.35. The third-order valence-electron chi connectivity index (χ3n) is 2.20. The molecule has 1 N–H and O–H groups in total. The van der Waals surface area contributed by atoms with E-state index in [9.17, 15) is 0 Å². The minimum absolute atomic E-state index is 0.446. The fourth-order valence-corrected chi connectivity index (χ4v) is 1.84. The van der Waals surface area contributed by atoms with Gasteiger partial charge >= 0.3 is 0 Å². The summed E-state index contributed by atoms with van der Waals surface area (Å²) in [4.78, 5) is 0. The smallest absolute Gasteiger partial charge is 0.193 e. The monoisotopic (exact) mass is 171 g/mol. The summed E-state index contributed by atoms with van der Waals surface area (Å²) in [6.45, 7) is 0. The molecule has 0 aliphatic heterocycles. The van der Waals surface area contributed by atoms with Crippen molar-refractivity contribution in [2.45, 2.75) is 18.9 Å². The molecule has 0 fully saturated rings. The molecule has 0 saturated heterocycles. The molecule has 2 rings (SSSR count). The Labute approximate surface area is 70.5 Å². The van der Waals surface area contributed by atoms with Crippen LogP contribution in [0.3, 0.4) is 0 Å². The van der Waals surface area contributed by atoms with Gasteiger partial charge in [0.1, 0.15) is 5.76 Å². The zero-order chi connectivity index (χ0) is 7.84. The Morgan fingerprint density at radius 3 is 3.27 bits per heavy atom. The predicted octanol–water partition coefficient (Wildman–Crippen LogP) is 2.14. The molecule has 1 aliphatic carbocycles. The fourth-order valence-electron chi connectivity index (χ4n) is 1.63. The first kappa shape index (κ1) is 7.19. The van der Waals surface area contributed by atoms with Crippen molar-refractivity contribution < 1.29 is 4.42 Å². The molecule has 1 unspecified atom stereocenters. The molecular weight excluding hydrogens is 162 g/mol. The number of aryl methyl sites for hydroxylation is 1. The third-order valence-corrected chi connectivity index (χ3v) is 2.38.